The minimum Gasteiger partial charge on any atom is -0.480 e. The van der Waals surface area contributed by atoms with E-state index in [9.17, 15) is 14.4 Å². The van der Waals surface area contributed by atoms with Gasteiger partial charge in [-0.2, -0.15) is 0 Å². The summed E-state index contributed by atoms with van der Waals surface area (Å²) in [5.74, 6) is -0.386. The summed E-state index contributed by atoms with van der Waals surface area (Å²) in [7, 11) is 0. The van der Waals surface area contributed by atoms with Gasteiger partial charge in [-0.1, -0.05) is 72.0 Å². The second-order valence-electron chi connectivity index (χ2n) is 9.25. The zero-order valence-corrected chi connectivity index (χ0v) is 28.3. The number of aromatic nitrogens is 1. The van der Waals surface area contributed by atoms with Gasteiger partial charge in [-0.25, -0.2) is 14.6 Å². The van der Waals surface area contributed by atoms with Crippen molar-refractivity contribution >= 4 is 80.2 Å². The number of esters is 2. The molecule has 0 N–H and O–H groups in total. The first-order chi connectivity index (χ1) is 20.8. The fourth-order valence-electron chi connectivity index (χ4n) is 4.68. The first kappa shape index (κ1) is 31.1. The predicted molar refractivity (Wildman–Crippen MR) is 182 cm³/mol. The van der Waals surface area contributed by atoms with Crippen LogP contribution in [0.1, 0.15) is 36.6 Å². The maximum atomic E-state index is 14.1. The van der Waals surface area contributed by atoms with Gasteiger partial charge in [0.2, 0.25) is 0 Å². The summed E-state index contributed by atoms with van der Waals surface area (Å²) in [6.45, 7) is 3.78. The number of rotatable bonds is 9. The van der Waals surface area contributed by atoms with E-state index in [0.717, 1.165) is 23.8 Å². The van der Waals surface area contributed by atoms with Crippen LogP contribution in [0.4, 0.5) is 0 Å². The minimum atomic E-state index is -0.729. The summed E-state index contributed by atoms with van der Waals surface area (Å²) in [6, 6.07) is 21.9. The average Bonchev–Trinajstić information content (AvgIpc) is 3.31. The summed E-state index contributed by atoms with van der Waals surface area (Å²) < 4.78 is 19.8. The van der Waals surface area contributed by atoms with Crippen LogP contribution < -0.4 is 19.6 Å². The van der Waals surface area contributed by atoms with E-state index >= 15 is 0 Å². The maximum Gasteiger partial charge on any atom is 0.344 e. The van der Waals surface area contributed by atoms with Crippen LogP contribution in [0, 0.1) is 7.14 Å². The smallest absolute Gasteiger partial charge is 0.344 e. The largest absolute Gasteiger partial charge is 0.480 e. The topological polar surface area (TPSA) is 96.2 Å². The molecule has 0 bridgehead atoms. The van der Waals surface area contributed by atoms with Crippen LogP contribution in [-0.2, 0) is 19.1 Å². The molecule has 43 heavy (non-hydrogen) atoms. The number of halogens is 2. The summed E-state index contributed by atoms with van der Waals surface area (Å²) in [5, 5.41) is 0. The molecule has 0 fully saturated rings. The van der Waals surface area contributed by atoms with E-state index in [0.29, 0.717) is 26.4 Å². The van der Waals surface area contributed by atoms with Crippen molar-refractivity contribution < 1.29 is 23.8 Å². The minimum absolute atomic E-state index is 0.188. The molecule has 1 aliphatic rings. The molecule has 0 saturated heterocycles. The van der Waals surface area contributed by atoms with Crippen molar-refractivity contribution in [2.45, 2.75) is 19.9 Å². The second-order valence-corrected chi connectivity index (χ2v) is 12.6. The Bertz CT molecular complexity index is 1860. The summed E-state index contributed by atoms with van der Waals surface area (Å²) in [6.07, 6.45) is 1.81. The molecule has 0 radical (unpaired) electrons. The van der Waals surface area contributed by atoms with Crippen molar-refractivity contribution in [2.24, 2.45) is 4.99 Å². The van der Waals surface area contributed by atoms with Gasteiger partial charge in [0.1, 0.15) is 5.75 Å². The Hall–Kier alpha value is -3.30. The third-order valence-corrected chi connectivity index (χ3v) is 9.03. The highest BCUT2D eigenvalue weighted by Crippen LogP contribution is 2.35. The molecule has 0 amide bonds. The van der Waals surface area contributed by atoms with E-state index in [1.165, 1.54) is 11.3 Å². The maximum absolute atomic E-state index is 14.1. The van der Waals surface area contributed by atoms with Crippen molar-refractivity contribution in [3.8, 4) is 5.75 Å². The van der Waals surface area contributed by atoms with E-state index < -0.39 is 18.0 Å². The fourth-order valence-corrected chi connectivity index (χ4v) is 7.81. The number of hydrogen-bond donors (Lipinski definition) is 0. The van der Waals surface area contributed by atoms with Crippen molar-refractivity contribution in [1.29, 1.82) is 0 Å². The second kappa shape index (κ2) is 14.0. The Balaban J connectivity index is 1.67. The highest BCUT2D eigenvalue weighted by atomic mass is 127. The van der Waals surface area contributed by atoms with Gasteiger partial charge < -0.3 is 14.2 Å². The van der Waals surface area contributed by atoms with Crippen LogP contribution >= 0.6 is 56.5 Å². The Morgan fingerprint density at radius 1 is 0.953 bits per heavy atom. The van der Waals surface area contributed by atoms with Gasteiger partial charge in [0.25, 0.3) is 5.56 Å². The summed E-state index contributed by atoms with van der Waals surface area (Å²) in [4.78, 5) is 44.7. The number of carbonyl (C=O) groups is 2. The third-order valence-electron chi connectivity index (χ3n) is 6.45. The number of ether oxygens (including phenoxy) is 3. The van der Waals surface area contributed by atoms with Crippen LogP contribution in [0.5, 0.6) is 5.75 Å². The van der Waals surface area contributed by atoms with E-state index in [2.05, 4.69) is 45.2 Å². The lowest BCUT2D eigenvalue weighted by atomic mass is 9.93. The van der Waals surface area contributed by atoms with Gasteiger partial charge in [0.15, 0.2) is 11.4 Å². The lowest BCUT2D eigenvalue weighted by Crippen LogP contribution is -2.40. The molecule has 3 aromatic carbocycles. The van der Waals surface area contributed by atoms with Crippen molar-refractivity contribution in [3.63, 3.8) is 0 Å². The normalized spacial score (nSPS) is 14.6. The number of benzene rings is 3. The molecule has 0 saturated carbocycles. The van der Waals surface area contributed by atoms with E-state index in [1.807, 2.05) is 78.9 Å². The van der Waals surface area contributed by atoms with E-state index in [1.54, 1.807) is 18.4 Å². The van der Waals surface area contributed by atoms with Crippen LogP contribution in [-0.4, -0.2) is 36.3 Å². The number of carbonyl (C=O) groups excluding carboxylic acids is 2. The summed E-state index contributed by atoms with van der Waals surface area (Å²) >= 11 is 5.56. The molecule has 4 aromatic rings. The molecule has 1 aliphatic heterocycles. The third kappa shape index (κ3) is 6.78. The van der Waals surface area contributed by atoms with Gasteiger partial charge in [-0.15, -0.1) is 0 Å². The van der Waals surface area contributed by atoms with Crippen molar-refractivity contribution in [1.82, 2.24) is 4.57 Å². The first-order valence-electron chi connectivity index (χ1n) is 13.4. The van der Waals surface area contributed by atoms with Gasteiger partial charge in [-0.3, -0.25) is 9.36 Å². The SMILES string of the molecule is CCOC(=O)COc1c(I)cc(/C=c2\sc3n(c2=O)[C@@H](c2ccccc2)C(C(=O)OCC)=C(c2ccccc2)N=3)cc1I. The first-order valence-corrected chi connectivity index (χ1v) is 16.4. The molecule has 0 aliphatic carbocycles. The van der Waals surface area contributed by atoms with Gasteiger partial charge >= 0.3 is 11.9 Å². The Kier molecular flexibility index (Phi) is 10.1. The van der Waals surface area contributed by atoms with Crippen LogP contribution in [0.3, 0.4) is 0 Å². The van der Waals surface area contributed by atoms with E-state index in [4.69, 9.17) is 19.2 Å². The molecule has 1 atom stereocenters. The Morgan fingerprint density at radius 2 is 1.58 bits per heavy atom. The molecule has 2 heterocycles. The molecule has 220 valence electrons. The Labute approximate surface area is 279 Å². The molecule has 0 unspecified atom stereocenters. The number of fused-ring (bicyclic) bond motifs is 1. The quantitative estimate of drug-likeness (QED) is 0.173. The fraction of sp³-hybridized carbons (Fsp3) is 0.188. The molecule has 5 rings (SSSR count). The standard InChI is InChI=1S/C32H26I2N2O6S/c1-3-40-25(37)18-42-29-22(33)15-19(16-23(29)34)17-24-30(38)36-28(21-13-9-6-10-14-21)26(31(39)41-4-2)27(35-32(36)43-24)20-11-7-5-8-12-20/h5-17,28H,3-4,18H2,1-2H3/b24-17-/t28-/m0/s1. The Morgan fingerprint density at radius 3 is 2.21 bits per heavy atom. The zero-order chi connectivity index (χ0) is 30.5. The highest BCUT2D eigenvalue weighted by molar-refractivity contribution is 14.1. The molecule has 11 heteroatoms. The monoisotopic (exact) mass is 820 g/mol. The number of nitrogens with zero attached hydrogens (tertiary/aromatic N) is 2. The number of thiazole rings is 1. The van der Waals surface area contributed by atoms with Crippen molar-refractivity contribution in [2.75, 3.05) is 19.8 Å². The van der Waals surface area contributed by atoms with Crippen molar-refractivity contribution in [3.05, 3.63) is 122 Å². The molecule has 1 aromatic heterocycles. The summed E-state index contributed by atoms with van der Waals surface area (Å²) in [5.41, 5.74) is 2.84. The average molecular weight is 820 g/mol. The highest BCUT2D eigenvalue weighted by Gasteiger charge is 2.35. The zero-order valence-electron chi connectivity index (χ0n) is 23.2. The van der Waals surface area contributed by atoms with Crippen LogP contribution in [0.25, 0.3) is 11.8 Å². The van der Waals surface area contributed by atoms with Crippen LogP contribution in [0.15, 0.2) is 88.2 Å². The molecule has 0 spiro atoms. The van der Waals surface area contributed by atoms with Crippen LogP contribution in [0.2, 0.25) is 0 Å². The lowest BCUT2D eigenvalue weighted by molar-refractivity contribution is -0.145. The van der Waals surface area contributed by atoms with Gasteiger partial charge in [-0.05, 0) is 88.4 Å². The van der Waals surface area contributed by atoms with Gasteiger partial charge in [0, 0.05) is 5.56 Å². The molecule has 8 nitrogen and oxygen atoms in total. The predicted octanol–water partition coefficient (Wildman–Crippen LogP) is 5.09. The molecular weight excluding hydrogens is 794 g/mol. The molecular formula is C32H26I2N2O6S. The van der Waals surface area contributed by atoms with Gasteiger partial charge in [0.05, 0.1) is 42.2 Å². The lowest BCUT2D eigenvalue weighted by Gasteiger charge is -2.25. The number of hydrogen-bond acceptors (Lipinski definition) is 8. The van der Waals surface area contributed by atoms with E-state index in [-0.39, 0.29) is 25.4 Å².